The molecule has 0 aliphatic heterocycles. The SMILES string of the molecule is O=S(=O)(CCCCNC1CC1)Nc1ccncc1. The smallest absolute Gasteiger partial charge is 0.232 e. The van der Waals surface area contributed by atoms with Crippen molar-refractivity contribution >= 4 is 15.7 Å². The number of unbranched alkanes of at least 4 members (excludes halogenated alkanes) is 1. The van der Waals surface area contributed by atoms with Crippen LogP contribution in [0.2, 0.25) is 0 Å². The highest BCUT2D eigenvalue weighted by Crippen LogP contribution is 2.18. The first-order valence-electron chi connectivity index (χ1n) is 6.30. The third-order valence-corrected chi connectivity index (χ3v) is 4.18. The summed E-state index contributed by atoms with van der Waals surface area (Å²) in [6.45, 7) is 0.912. The van der Waals surface area contributed by atoms with Crippen molar-refractivity contribution in [1.82, 2.24) is 10.3 Å². The zero-order chi connectivity index (χ0) is 12.8. The Labute approximate surface area is 108 Å². The van der Waals surface area contributed by atoms with Gasteiger partial charge in [-0.1, -0.05) is 0 Å². The monoisotopic (exact) mass is 269 g/mol. The summed E-state index contributed by atoms with van der Waals surface area (Å²) >= 11 is 0. The maximum absolute atomic E-state index is 11.8. The molecule has 0 unspecified atom stereocenters. The second kappa shape index (κ2) is 6.15. The lowest BCUT2D eigenvalue weighted by atomic mass is 10.3. The first-order valence-corrected chi connectivity index (χ1v) is 7.95. The summed E-state index contributed by atoms with van der Waals surface area (Å²) in [4.78, 5) is 3.84. The van der Waals surface area contributed by atoms with Gasteiger partial charge in [0.05, 0.1) is 11.4 Å². The summed E-state index contributed by atoms with van der Waals surface area (Å²) in [6, 6.07) is 3.98. The highest BCUT2D eigenvalue weighted by atomic mass is 32.2. The van der Waals surface area contributed by atoms with Crippen molar-refractivity contribution in [2.24, 2.45) is 0 Å². The van der Waals surface area contributed by atoms with Crippen molar-refractivity contribution in [3.8, 4) is 0 Å². The van der Waals surface area contributed by atoms with E-state index in [-0.39, 0.29) is 5.75 Å². The highest BCUT2D eigenvalue weighted by molar-refractivity contribution is 7.92. The van der Waals surface area contributed by atoms with Crippen LogP contribution in [-0.2, 0) is 10.0 Å². The number of nitrogens with zero attached hydrogens (tertiary/aromatic N) is 1. The molecule has 0 aromatic carbocycles. The van der Waals surface area contributed by atoms with E-state index in [1.54, 1.807) is 24.5 Å². The Kier molecular flexibility index (Phi) is 4.54. The summed E-state index contributed by atoms with van der Waals surface area (Å²) in [6.07, 6.45) is 7.24. The molecule has 1 aliphatic rings. The van der Waals surface area contributed by atoms with Gasteiger partial charge in [-0.15, -0.1) is 0 Å². The van der Waals surface area contributed by atoms with Crippen molar-refractivity contribution in [3.05, 3.63) is 24.5 Å². The molecule has 1 heterocycles. The Balaban J connectivity index is 1.66. The minimum atomic E-state index is -3.23. The van der Waals surface area contributed by atoms with E-state index in [0.29, 0.717) is 18.2 Å². The van der Waals surface area contributed by atoms with Gasteiger partial charge in [-0.05, 0) is 44.4 Å². The summed E-state index contributed by atoms with van der Waals surface area (Å²) in [5, 5.41) is 3.37. The van der Waals surface area contributed by atoms with Crippen molar-refractivity contribution in [2.45, 2.75) is 31.7 Å². The van der Waals surface area contributed by atoms with Gasteiger partial charge in [-0.3, -0.25) is 9.71 Å². The van der Waals surface area contributed by atoms with Crippen molar-refractivity contribution in [3.63, 3.8) is 0 Å². The van der Waals surface area contributed by atoms with E-state index in [1.165, 1.54) is 12.8 Å². The molecular weight excluding hydrogens is 250 g/mol. The average molecular weight is 269 g/mol. The molecule has 5 nitrogen and oxygen atoms in total. The van der Waals surface area contributed by atoms with Gasteiger partial charge in [0.25, 0.3) is 0 Å². The molecular formula is C12H19N3O2S. The Morgan fingerprint density at radius 2 is 1.94 bits per heavy atom. The second-order valence-corrected chi connectivity index (χ2v) is 6.43. The van der Waals surface area contributed by atoms with Gasteiger partial charge in [0.2, 0.25) is 10.0 Å². The molecule has 0 radical (unpaired) electrons. The van der Waals surface area contributed by atoms with Crippen molar-refractivity contribution < 1.29 is 8.42 Å². The lowest BCUT2D eigenvalue weighted by Crippen LogP contribution is -2.20. The molecule has 0 bridgehead atoms. The van der Waals surface area contributed by atoms with Crippen LogP contribution < -0.4 is 10.0 Å². The molecule has 0 spiro atoms. The molecule has 1 aliphatic carbocycles. The number of hydrogen-bond acceptors (Lipinski definition) is 4. The van der Waals surface area contributed by atoms with Crippen LogP contribution in [0.1, 0.15) is 25.7 Å². The fourth-order valence-electron chi connectivity index (χ4n) is 1.66. The Morgan fingerprint density at radius 3 is 2.61 bits per heavy atom. The fourth-order valence-corrected chi connectivity index (χ4v) is 2.84. The van der Waals surface area contributed by atoms with E-state index in [9.17, 15) is 8.42 Å². The van der Waals surface area contributed by atoms with Gasteiger partial charge < -0.3 is 5.32 Å². The number of sulfonamides is 1. The van der Waals surface area contributed by atoms with Crippen LogP contribution in [0.5, 0.6) is 0 Å². The Morgan fingerprint density at radius 1 is 1.22 bits per heavy atom. The molecule has 100 valence electrons. The number of nitrogens with one attached hydrogen (secondary N) is 2. The quantitative estimate of drug-likeness (QED) is 0.699. The minimum absolute atomic E-state index is 0.168. The van der Waals surface area contributed by atoms with Crippen LogP contribution in [0.25, 0.3) is 0 Å². The van der Waals surface area contributed by atoms with Crippen LogP contribution in [0.4, 0.5) is 5.69 Å². The largest absolute Gasteiger partial charge is 0.314 e. The first kappa shape index (κ1) is 13.3. The van der Waals surface area contributed by atoms with Crippen LogP contribution in [0.15, 0.2) is 24.5 Å². The normalized spacial score (nSPS) is 15.6. The third-order valence-electron chi connectivity index (χ3n) is 2.80. The zero-order valence-corrected chi connectivity index (χ0v) is 11.1. The second-order valence-electron chi connectivity index (χ2n) is 4.59. The lowest BCUT2D eigenvalue weighted by molar-refractivity contribution is 0.591. The Hall–Kier alpha value is -1.14. The number of hydrogen-bond donors (Lipinski definition) is 2. The maximum atomic E-state index is 11.8. The van der Waals surface area contributed by atoms with Crippen molar-refractivity contribution in [1.29, 1.82) is 0 Å². The molecule has 2 rings (SSSR count). The number of anilines is 1. The zero-order valence-electron chi connectivity index (χ0n) is 10.3. The van der Waals surface area contributed by atoms with Gasteiger partial charge in [-0.25, -0.2) is 8.42 Å². The first-order chi connectivity index (χ1) is 8.66. The molecule has 1 saturated carbocycles. The molecule has 1 aromatic heterocycles. The van der Waals surface area contributed by atoms with Crippen LogP contribution in [0.3, 0.4) is 0 Å². The summed E-state index contributed by atoms with van der Waals surface area (Å²) in [5.41, 5.74) is 0.570. The number of rotatable bonds is 8. The lowest BCUT2D eigenvalue weighted by Gasteiger charge is -2.07. The van der Waals surface area contributed by atoms with Gasteiger partial charge in [-0.2, -0.15) is 0 Å². The fraction of sp³-hybridized carbons (Fsp3) is 0.583. The van der Waals surface area contributed by atoms with Crippen molar-refractivity contribution in [2.75, 3.05) is 17.0 Å². The maximum Gasteiger partial charge on any atom is 0.232 e. The molecule has 1 fully saturated rings. The standard InChI is InChI=1S/C12H19N3O2S/c16-18(17,15-12-5-8-13-9-6-12)10-2-1-7-14-11-3-4-11/h5-6,8-9,11,14H,1-4,7,10H2,(H,13,15). The van der Waals surface area contributed by atoms with E-state index in [1.807, 2.05) is 0 Å². The van der Waals surface area contributed by atoms with Gasteiger partial charge in [0.1, 0.15) is 0 Å². The van der Waals surface area contributed by atoms with E-state index in [0.717, 1.165) is 13.0 Å². The van der Waals surface area contributed by atoms with E-state index < -0.39 is 10.0 Å². The van der Waals surface area contributed by atoms with Gasteiger partial charge in [0.15, 0.2) is 0 Å². The molecule has 18 heavy (non-hydrogen) atoms. The third kappa shape index (κ3) is 5.01. The predicted octanol–water partition coefficient (Wildman–Crippen LogP) is 1.36. The van der Waals surface area contributed by atoms with Crippen LogP contribution in [0, 0.1) is 0 Å². The van der Waals surface area contributed by atoms with Gasteiger partial charge in [0, 0.05) is 18.4 Å². The number of aromatic nitrogens is 1. The minimum Gasteiger partial charge on any atom is -0.314 e. The van der Waals surface area contributed by atoms with Crippen LogP contribution in [-0.4, -0.2) is 31.7 Å². The molecule has 2 N–H and O–H groups in total. The van der Waals surface area contributed by atoms with Gasteiger partial charge >= 0.3 is 0 Å². The van der Waals surface area contributed by atoms with Crippen LogP contribution >= 0.6 is 0 Å². The predicted molar refractivity (Wildman–Crippen MR) is 71.9 cm³/mol. The van der Waals surface area contributed by atoms with E-state index in [2.05, 4.69) is 15.0 Å². The average Bonchev–Trinajstić information content (AvgIpc) is 3.13. The summed E-state index contributed by atoms with van der Waals surface area (Å²) in [7, 11) is -3.23. The van der Waals surface area contributed by atoms with E-state index in [4.69, 9.17) is 0 Å². The summed E-state index contributed by atoms with van der Waals surface area (Å²) in [5.74, 6) is 0.168. The Bertz CT molecular complexity index is 457. The molecule has 1 aromatic rings. The highest BCUT2D eigenvalue weighted by Gasteiger charge is 2.19. The molecule has 0 amide bonds. The molecule has 0 atom stereocenters. The molecule has 0 saturated heterocycles. The molecule has 6 heteroatoms. The summed E-state index contributed by atoms with van der Waals surface area (Å²) < 4.78 is 26.1. The topological polar surface area (TPSA) is 71.1 Å². The van der Waals surface area contributed by atoms with E-state index >= 15 is 0 Å². The number of pyridine rings is 1.